The van der Waals surface area contributed by atoms with Crippen LogP contribution in [0.5, 0.6) is 11.5 Å². The van der Waals surface area contributed by atoms with E-state index in [0.29, 0.717) is 55.4 Å². The van der Waals surface area contributed by atoms with Gasteiger partial charge in [0.1, 0.15) is 17.1 Å². The summed E-state index contributed by atoms with van der Waals surface area (Å²) in [4.78, 5) is 31.1. The number of benzene rings is 4. The number of carboxylic acids is 1. The largest absolute Gasteiger partial charge is 0.489 e. The number of carbonyl (C=O) groups is 2. The third kappa shape index (κ3) is 14.8. The van der Waals surface area contributed by atoms with Crippen LogP contribution >= 0.6 is 23.2 Å². The zero-order valence-electron chi connectivity index (χ0n) is 36.9. The summed E-state index contributed by atoms with van der Waals surface area (Å²) in [6, 6.07) is 22.1. The molecule has 66 heavy (non-hydrogen) atoms. The lowest BCUT2D eigenvalue weighted by Gasteiger charge is -2.19. The fourth-order valence-corrected chi connectivity index (χ4v) is 8.10. The van der Waals surface area contributed by atoms with Crippen LogP contribution in [0.4, 0.5) is 0 Å². The molecule has 0 radical (unpaired) electrons. The number of rotatable bonds is 18. The highest BCUT2D eigenvalue weighted by molar-refractivity contribution is 7.89. The molecule has 22 heteroatoms. The van der Waals surface area contributed by atoms with Gasteiger partial charge in [-0.15, -0.1) is 0 Å². The molecule has 0 spiro atoms. The first kappa shape index (κ1) is 51.1. The molecule has 352 valence electrons. The Labute approximate surface area is 392 Å². The van der Waals surface area contributed by atoms with Gasteiger partial charge in [-0.05, 0) is 133 Å². The second kappa shape index (κ2) is 22.1. The maximum Gasteiger partial charge on any atom is 0.307 e. The zero-order chi connectivity index (χ0) is 48.4. The average Bonchev–Trinajstić information content (AvgIpc) is 3.93. The molecule has 6 rings (SSSR count). The van der Waals surface area contributed by atoms with Gasteiger partial charge >= 0.3 is 11.9 Å². The predicted octanol–water partition coefficient (Wildman–Crippen LogP) is 8.45. The molecule has 0 amide bonds. The second-order valence-electron chi connectivity index (χ2n) is 15.8. The lowest BCUT2D eigenvalue weighted by Crippen LogP contribution is -2.29. The van der Waals surface area contributed by atoms with E-state index in [1.54, 1.807) is 69.3 Å². The standard InChI is InChI=1S/C24H28ClN3O6S.C20H20ClN3O6S/c1-15(2)32-20-11-8-17(14-19(20)25)22-27-23(34-28-22)16-6-9-18(10-7-16)35(30,31)26-13-12-21(29)33-24(3,4)5;1-12(2)29-17-8-5-14(11-16(17)21)19-23-20(30-24-19)13-3-6-15(7-4-13)31(27,28)22-10-9-18(25)26/h6-11,14-15,26H,12-13H2,1-5H3;3-8,11-12,22H,9-10H2,1-2H3,(H,25,26). The third-order valence-corrected chi connectivity index (χ3v) is 12.0. The molecule has 0 saturated heterocycles. The van der Waals surface area contributed by atoms with Crippen molar-refractivity contribution in [2.45, 2.75) is 88.9 Å². The Morgan fingerprint density at radius 2 is 1.02 bits per heavy atom. The van der Waals surface area contributed by atoms with E-state index in [2.05, 4.69) is 29.7 Å². The van der Waals surface area contributed by atoms with Gasteiger partial charge in [0, 0.05) is 35.3 Å². The molecule has 2 heterocycles. The number of esters is 1. The van der Waals surface area contributed by atoms with Crippen LogP contribution < -0.4 is 18.9 Å². The fourth-order valence-electron chi connectivity index (χ4n) is 5.59. The minimum absolute atomic E-state index is 0.00565. The van der Waals surface area contributed by atoms with Crippen molar-refractivity contribution in [2.24, 2.45) is 0 Å². The van der Waals surface area contributed by atoms with Crippen molar-refractivity contribution in [3.8, 4) is 57.2 Å². The molecule has 0 aliphatic rings. The number of aliphatic carboxylic acids is 1. The average molecular weight is 988 g/mol. The molecule has 0 fully saturated rings. The van der Waals surface area contributed by atoms with E-state index >= 15 is 0 Å². The third-order valence-electron chi connectivity index (χ3n) is 8.45. The van der Waals surface area contributed by atoms with Crippen LogP contribution in [0.15, 0.2) is 104 Å². The van der Waals surface area contributed by atoms with Gasteiger partial charge in [-0.2, -0.15) is 9.97 Å². The maximum atomic E-state index is 12.5. The Balaban J connectivity index is 0.000000249. The molecule has 0 saturated carbocycles. The number of carboxylic acid groups (broad SMARTS) is 1. The highest BCUT2D eigenvalue weighted by atomic mass is 35.5. The van der Waals surface area contributed by atoms with Crippen LogP contribution in [0, 0.1) is 0 Å². The van der Waals surface area contributed by atoms with Crippen molar-refractivity contribution in [1.29, 1.82) is 0 Å². The number of aromatic nitrogens is 4. The van der Waals surface area contributed by atoms with Gasteiger partial charge < -0.3 is 28.4 Å². The molecule has 4 aromatic carbocycles. The number of hydrogen-bond donors (Lipinski definition) is 3. The van der Waals surface area contributed by atoms with Crippen LogP contribution in [0.1, 0.15) is 61.3 Å². The SMILES string of the molecule is CC(C)Oc1ccc(-c2noc(-c3ccc(S(=O)(=O)NCCC(=O)O)cc3)n2)cc1Cl.CC(C)Oc1ccc(-c2noc(-c3ccc(S(=O)(=O)NCCC(=O)OC(C)(C)C)cc3)n2)cc1Cl. The molecule has 0 bridgehead atoms. The molecule has 3 N–H and O–H groups in total. The Morgan fingerprint density at radius 1 is 0.636 bits per heavy atom. The Bertz CT molecular complexity index is 2850. The van der Waals surface area contributed by atoms with Crippen LogP contribution in [0.2, 0.25) is 10.0 Å². The number of sulfonamides is 2. The first-order valence-electron chi connectivity index (χ1n) is 20.2. The minimum Gasteiger partial charge on any atom is -0.489 e. The summed E-state index contributed by atoms with van der Waals surface area (Å²) < 4.78 is 81.1. The summed E-state index contributed by atoms with van der Waals surface area (Å²) in [6.07, 6.45) is -0.411. The molecule has 0 aliphatic carbocycles. The smallest absolute Gasteiger partial charge is 0.307 e. The van der Waals surface area contributed by atoms with Crippen LogP contribution in [-0.4, -0.2) is 85.1 Å². The summed E-state index contributed by atoms with van der Waals surface area (Å²) in [6.45, 7) is 12.6. The van der Waals surface area contributed by atoms with Gasteiger partial charge in [-0.3, -0.25) is 9.59 Å². The van der Waals surface area contributed by atoms with Crippen molar-refractivity contribution in [3.63, 3.8) is 0 Å². The molecule has 0 unspecified atom stereocenters. The number of hydrogen-bond acceptors (Lipinski definition) is 15. The molecule has 0 aliphatic heterocycles. The highest BCUT2D eigenvalue weighted by Gasteiger charge is 2.21. The van der Waals surface area contributed by atoms with E-state index in [4.69, 9.17) is 51.6 Å². The van der Waals surface area contributed by atoms with Gasteiger partial charge in [-0.1, -0.05) is 33.5 Å². The highest BCUT2D eigenvalue weighted by Crippen LogP contribution is 2.33. The van der Waals surface area contributed by atoms with Gasteiger partial charge in [0.05, 0.1) is 44.9 Å². The first-order chi connectivity index (χ1) is 31.0. The molecule has 0 atom stereocenters. The lowest BCUT2D eigenvalue weighted by molar-refractivity contribution is -0.154. The molecular weight excluding hydrogens is 940 g/mol. The monoisotopic (exact) mass is 986 g/mol. The molecular formula is C44H48Cl2N6O12S2. The topological polar surface area (TPSA) is 252 Å². The second-order valence-corrected chi connectivity index (χ2v) is 20.1. The van der Waals surface area contributed by atoms with Gasteiger partial charge in [0.25, 0.3) is 11.8 Å². The van der Waals surface area contributed by atoms with E-state index in [0.717, 1.165) is 0 Å². The van der Waals surface area contributed by atoms with Crippen molar-refractivity contribution < 1.29 is 54.8 Å². The number of nitrogens with one attached hydrogen (secondary N) is 2. The Kier molecular flexibility index (Phi) is 17.1. The Morgan fingerprint density at radius 3 is 1.36 bits per heavy atom. The van der Waals surface area contributed by atoms with Crippen molar-refractivity contribution in [1.82, 2.24) is 29.7 Å². The normalized spacial score (nSPS) is 11.9. The minimum atomic E-state index is -3.82. The summed E-state index contributed by atoms with van der Waals surface area (Å²) in [5.74, 6) is 0.624. The summed E-state index contributed by atoms with van der Waals surface area (Å²) >= 11 is 12.5. The molecule has 2 aromatic heterocycles. The van der Waals surface area contributed by atoms with Crippen molar-refractivity contribution in [2.75, 3.05) is 13.1 Å². The van der Waals surface area contributed by atoms with E-state index in [-0.39, 0.29) is 59.7 Å². The first-order valence-corrected chi connectivity index (χ1v) is 24.0. The maximum absolute atomic E-state index is 12.5. The number of carbonyl (C=O) groups excluding carboxylic acids is 1. The lowest BCUT2D eigenvalue weighted by atomic mass is 10.2. The van der Waals surface area contributed by atoms with Crippen LogP contribution in [-0.2, 0) is 34.4 Å². The molecule has 18 nitrogen and oxygen atoms in total. The number of halogens is 2. The quantitative estimate of drug-likeness (QED) is 0.0683. The zero-order valence-corrected chi connectivity index (χ0v) is 40.0. The Hall–Kier alpha value is -5.90. The number of nitrogens with zero attached hydrogens (tertiary/aromatic N) is 4. The summed E-state index contributed by atoms with van der Waals surface area (Å²) in [7, 11) is -7.62. The van der Waals surface area contributed by atoms with Crippen LogP contribution in [0.25, 0.3) is 45.7 Å². The van der Waals surface area contributed by atoms with E-state index in [9.17, 15) is 26.4 Å². The number of ether oxygens (including phenoxy) is 3. The predicted molar refractivity (Wildman–Crippen MR) is 245 cm³/mol. The van der Waals surface area contributed by atoms with Crippen LogP contribution in [0.3, 0.4) is 0 Å². The van der Waals surface area contributed by atoms with Crippen molar-refractivity contribution >= 4 is 55.2 Å². The van der Waals surface area contributed by atoms with E-state index in [1.165, 1.54) is 36.4 Å². The summed E-state index contributed by atoms with van der Waals surface area (Å²) in [5.41, 5.74) is 1.72. The van der Waals surface area contributed by atoms with Crippen molar-refractivity contribution in [3.05, 3.63) is 95.0 Å². The molecule has 6 aromatic rings. The van der Waals surface area contributed by atoms with Gasteiger partial charge in [0.15, 0.2) is 0 Å². The summed E-state index contributed by atoms with van der Waals surface area (Å²) in [5, 5.41) is 17.4. The fraction of sp³-hybridized carbons (Fsp3) is 0.318. The van der Waals surface area contributed by atoms with E-state index in [1.807, 2.05) is 27.7 Å². The van der Waals surface area contributed by atoms with Gasteiger partial charge in [-0.25, -0.2) is 26.3 Å². The van der Waals surface area contributed by atoms with E-state index < -0.39 is 37.6 Å². The van der Waals surface area contributed by atoms with Gasteiger partial charge in [0.2, 0.25) is 31.7 Å².